The minimum absolute atomic E-state index is 0.0883. The highest BCUT2D eigenvalue weighted by Gasteiger charge is 2.19. The van der Waals surface area contributed by atoms with E-state index < -0.39 is 5.97 Å². The molecule has 0 bridgehead atoms. The SMILES string of the molecule is COCC(C)n1c(C)cc(C(=O)COC(=O)CCOc2ccc(C)cc2)c1C. The molecule has 0 radical (unpaired) electrons. The van der Waals surface area contributed by atoms with E-state index in [0.717, 1.165) is 17.0 Å². The van der Waals surface area contributed by atoms with Crippen molar-refractivity contribution < 1.29 is 23.8 Å². The summed E-state index contributed by atoms with van der Waals surface area (Å²) in [4.78, 5) is 24.4. The van der Waals surface area contributed by atoms with Gasteiger partial charge in [-0.05, 0) is 45.9 Å². The van der Waals surface area contributed by atoms with Gasteiger partial charge in [-0.15, -0.1) is 0 Å². The largest absolute Gasteiger partial charge is 0.493 e. The Morgan fingerprint density at radius 2 is 1.79 bits per heavy atom. The summed E-state index contributed by atoms with van der Waals surface area (Å²) in [5, 5.41) is 0. The fourth-order valence-corrected chi connectivity index (χ4v) is 3.24. The van der Waals surface area contributed by atoms with Gasteiger partial charge in [-0.2, -0.15) is 0 Å². The van der Waals surface area contributed by atoms with E-state index in [2.05, 4.69) is 4.57 Å². The third-order valence-corrected chi connectivity index (χ3v) is 4.59. The first-order valence-corrected chi connectivity index (χ1v) is 9.39. The molecule has 28 heavy (non-hydrogen) atoms. The molecule has 6 nitrogen and oxygen atoms in total. The van der Waals surface area contributed by atoms with Gasteiger partial charge < -0.3 is 18.8 Å². The van der Waals surface area contributed by atoms with Crippen LogP contribution in [-0.2, 0) is 14.3 Å². The maximum absolute atomic E-state index is 12.5. The lowest BCUT2D eigenvalue weighted by Gasteiger charge is -2.17. The Balaban J connectivity index is 1.83. The van der Waals surface area contributed by atoms with Crippen molar-refractivity contribution >= 4 is 11.8 Å². The first-order chi connectivity index (χ1) is 13.3. The van der Waals surface area contributed by atoms with Gasteiger partial charge in [0.1, 0.15) is 5.75 Å². The summed E-state index contributed by atoms with van der Waals surface area (Å²) in [6, 6.07) is 9.53. The van der Waals surface area contributed by atoms with Gasteiger partial charge in [0.2, 0.25) is 5.78 Å². The molecule has 1 heterocycles. The Hall–Kier alpha value is -2.60. The molecule has 0 aliphatic heterocycles. The van der Waals surface area contributed by atoms with E-state index >= 15 is 0 Å². The number of benzene rings is 1. The third-order valence-electron chi connectivity index (χ3n) is 4.59. The summed E-state index contributed by atoms with van der Waals surface area (Å²) >= 11 is 0. The zero-order valence-electron chi connectivity index (χ0n) is 17.3. The minimum Gasteiger partial charge on any atom is -0.493 e. The van der Waals surface area contributed by atoms with Crippen LogP contribution < -0.4 is 4.74 Å². The topological polar surface area (TPSA) is 66.8 Å². The van der Waals surface area contributed by atoms with Crippen LogP contribution in [0.4, 0.5) is 0 Å². The molecule has 2 aromatic rings. The molecule has 0 saturated carbocycles. The van der Waals surface area contributed by atoms with Crippen molar-refractivity contribution in [2.24, 2.45) is 0 Å². The molecule has 0 aliphatic rings. The Bertz CT molecular complexity index is 807. The number of hydrogen-bond donors (Lipinski definition) is 0. The summed E-state index contributed by atoms with van der Waals surface area (Å²) in [6.07, 6.45) is 0.0883. The molecule has 152 valence electrons. The number of hydrogen-bond acceptors (Lipinski definition) is 5. The van der Waals surface area contributed by atoms with E-state index in [1.54, 1.807) is 7.11 Å². The number of methoxy groups -OCH3 is 1. The summed E-state index contributed by atoms with van der Waals surface area (Å²) in [6.45, 7) is 8.36. The van der Waals surface area contributed by atoms with Gasteiger partial charge in [-0.3, -0.25) is 9.59 Å². The van der Waals surface area contributed by atoms with E-state index in [0.29, 0.717) is 17.9 Å². The van der Waals surface area contributed by atoms with Crippen LogP contribution in [0.25, 0.3) is 0 Å². The monoisotopic (exact) mass is 387 g/mol. The number of carbonyl (C=O) groups is 2. The average molecular weight is 387 g/mol. The van der Waals surface area contributed by atoms with Crippen molar-refractivity contribution in [3.8, 4) is 5.75 Å². The zero-order valence-corrected chi connectivity index (χ0v) is 17.3. The van der Waals surface area contributed by atoms with Crippen molar-refractivity contribution in [3.63, 3.8) is 0 Å². The Labute approximate surface area is 166 Å². The van der Waals surface area contributed by atoms with Crippen LogP contribution >= 0.6 is 0 Å². The van der Waals surface area contributed by atoms with Crippen LogP contribution in [0.3, 0.4) is 0 Å². The van der Waals surface area contributed by atoms with Crippen molar-refractivity contribution in [2.75, 3.05) is 26.9 Å². The second kappa shape index (κ2) is 10.1. The quantitative estimate of drug-likeness (QED) is 0.458. The van der Waals surface area contributed by atoms with Crippen LogP contribution in [0.2, 0.25) is 0 Å². The van der Waals surface area contributed by atoms with Gasteiger partial charge in [0.05, 0.1) is 25.7 Å². The van der Waals surface area contributed by atoms with Gasteiger partial charge in [0.15, 0.2) is 6.61 Å². The molecular formula is C22H29NO5. The second-order valence-corrected chi connectivity index (χ2v) is 6.95. The van der Waals surface area contributed by atoms with Gasteiger partial charge >= 0.3 is 5.97 Å². The summed E-state index contributed by atoms with van der Waals surface area (Å²) < 4.78 is 17.9. The molecule has 6 heteroatoms. The number of ether oxygens (including phenoxy) is 3. The minimum atomic E-state index is -0.456. The van der Waals surface area contributed by atoms with E-state index in [9.17, 15) is 9.59 Å². The number of nitrogens with zero attached hydrogens (tertiary/aromatic N) is 1. The number of aryl methyl sites for hydroxylation is 2. The van der Waals surface area contributed by atoms with Crippen LogP contribution in [0.15, 0.2) is 30.3 Å². The smallest absolute Gasteiger partial charge is 0.309 e. The van der Waals surface area contributed by atoms with E-state index in [1.165, 1.54) is 0 Å². The third kappa shape index (κ3) is 5.70. The number of rotatable bonds is 10. The van der Waals surface area contributed by atoms with Crippen molar-refractivity contribution in [3.05, 3.63) is 52.8 Å². The number of carbonyl (C=O) groups excluding carboxylic acids is 2. The molecule has 0 aliphatic carbocycles. The highest BCUT2D eigenvalue weighted by Crippen LogP contribution is 2.21. The number of Topliss-reactive ketones (excluding diaryl/α,β-unsaturated/α-hetero) is 1. The van der Waals surface area contributed by atoms with Crippen molar-refractivity contribution in [1.29, 1.82) is 0 Å². The van der Waals surface area contributed by atoms with Crippen LogP contribution in [0.1, 0.15) is 46.7 Å². The average Bonchev–Trinajstić information content (AvgIpc) is 2.96. The molecular weight excluding hydrogens is 358 g/mol. The first kappa shape index (κ1) is 21.7. The molecule has 0 saturated heterocycles. The van der Waals surface area contributed by atoms with E-state index in [1.807, 2.05) is 58.0 Å². The maximum Gasteiger partial charge on any atom is 0.309 e. The number of ketones is 1. The molecule has 0 spiro atoms. The molecule has 2 rings (SSSR count). The molecule has 1 atom stereocenters. The molecule has 1 aromatic carbocycles. The van der Waals surface area contributed by atoms with Gasteiger partial charge in [0.25, 0.3) is 0 Å². The predicted molar refractivity (Wildman–Crippen MR) is 107 cm³/mol. The van der Waals surface area contributed by atoms with Gasteiger partial charge in [0, 0.05) is 24.1 Å². The maximum atomic E-state index is 12.5. The molecule has 0 amide bonds. The van der Waals surface area contributed by atoms with E-state index in [-0.39, 0.29) is 31.5 Å². The standard InChI is InChI=1S/C22H29NO5/c1-15-6-8-19(9-7-15)27-11-10-22(25)28-14-21(24)20-12-16(2)23(18(20)4)17(3)13-26-5/h6-9,12,17H,10-11,13-14H2,1-5H3. The van der Waals surface area contributed by atoms with E-state index in [4.69, 9.17) is 14.2 Å². The van der Waals surface area contributed by atoms with Gasteiger partial charge in [-0.1, -0.05) is 17.7 Å². The highest BCUT2D eigenvalue weighted by molar-refractivity contribution is 5.99. The van der Waals surface area contributed by atoms with Crippen LogP contribution in [0, 0.1) is 20.8 Å². The molecule has 1 unspecified atom stereocenters. The fourth-order valence-electron chi connectivity index (χ4n) is 3.24. The summed E-state index contributed by atoms with van der Waals surface area (Å²) in [7, 11) is 1.65. The fraction of sp³-hybridized carbons (Fsp3) is 0.455. The lowest BCUT2D eigenvalue weighted by Crippen LogP contribution is -2.18. The van der Waals surface area contributed by atoms with Crippen LogP contribution in [0.5, 0.6) is 5.75 Å². The number of esters is 1. The Morgan fingerprint density at radius 1 is 1.11 bits per heavy atom. The van der Waals surface area contributed by atoms with Crippen LogP contribution in [-0.4, -0.2) is 43.3 Å². The predicted octanol–water partition coefficient (Wildman–Crippen LogP) is 3.82. The Kier molecular flexibility index (Phi) is 7.81. The number of aromatic nitrogens is 1. The Morgan fingerprint density at radius 3 is 2.43 bits per heavy atom. The molecule has 0 fully saturated rings. The molecule has 0 N–H and O–H groups in total. The lowest BCUT2D eigenvalue weighted by atomic mass is 10.1. The van der Waals surface area contributed by atoms with Gasteiger partial charge in [-0.25, -0.2) is 0 Å². The first-order valence-electron chi connectivity index (χ1n) is 9.39. The summed E-state index contributed by atoms with van der Waals surface area (Å²) in [5.41, 5.74) is 3.54. The second-order valence-electron chi connectivity index (χ2n) is 6.95. The zero-order chi connectivity index (χ0) is 20.7. The van der Waals surface area contributed by atoms with Crippen molar-refractivity contribution in [2.45, 2.75) is 40.2 Å². The lowest BCUT2D eigenvalue weighted by molar-refractivity contribution is -0.143. The van der Waals surface area contributed by atoms with Crippen molar-refractivity contribution in [1.82, 2.24) is 4.57 Å². The molecule has 1 aromatic heterocycles. The summed E-state index contributed by atoms with van der Waals surface area (Å²) in [5.74, 6) is 0.0332. The normalized spacial score (nSPS) is 11.9. The highest BCUT2D eigenvalue weighted by atomic mass is 16.5.